The molecule has 2 heterocycles. The van der Waals surface area contributed by atoms with Gasteiger partial charge in [-0.1, -0.05) is 24.3 Å². The van der Waals surface area contributed by atoms with Gasteiger partial charge in [-0.05, 0) is 48.0 Å². The minimum absolute atomic E-state index is 0.0480. The molecule has 1 saturated heterocycles. The van der Waals surface area contributed by atoms with E-state index in [4.69, 9.17) is 13.9 Å². The summed E-state index contributed by atoms with van der Waals surface area (Å²) in [5.74, 6) is 0.978. The molecule has 0 bridgehead atoms. The number of benzene rings is 3. The van der Waals surface area contributed by atoms with Crippen molar-refractivity contribution >= 4 is 28.6 Å². The number of carbonyl (C=O) groups is 2. The maximum Gasteiger partial charge on any atom is 0.229 e. The lowest BCUT2D eigenvalue weighted by molar-refractivity contribution is -0.128. The van der Waals surface area contributed by atoms with Crippen molar-refractivity contribution in [3.05, 3.63) is 72.3 Å². The van der Waals surface area contributed by atoms with Gasteiger partial charge in [0.05, 0.1) is 25.8 Å². The number of amides is 2. The summed E-state index contributed by atoms with van der Waals surface area (Å²) in [4.78, 5) is 31.9. The summed E-state index contributed by atoms with van der Waals surface area (Å²) in [6.45, 7) is 0.799. The summed E-state index contributed by atoms with van der Waals surface area (Å²) >= 11 is 0. The molecule has 3 aromatic carbocycles. The molecule has 5 rings (SSSR count). The number of nitrogens with one attached hydrogen (secondary N) is 1. The molecule has 0 aliphatic carbocycles. The molecule has 1 aliphatic heterocycles. The molecule has 1 fully saturated rings. The maximum atomic E-state index is 13.1. The van der Waals surface area contributed by atoms with Gasteiger partial charge in [-0.15, -0.1) is 0 Å². The van der Waals surface area contributed by atoms with E-state index in [9.17, 15) is 9.59 Å². The predicted molar refractivity (Wildman–Crippen MR) is 131 cm³/mol. The Morgan fingerprint density at radius 1 is 1.09 bits per heavy atom. The molecule has 0 radical (unpaired) electrons. The van der Waals surface area contributed by atoms with Crippen LogP contribution in [0, 0.1) is 5.92 Å². The molecule has 0 saturated carbocycles. The zero-order valence-corrected chi connectivity index (χ0v) is 19.5. The van der Waals surface area contributed by atoms with Gasteiger partial charge in [0.15, 0.2) is 5.58 Å². The van der Waals surface area contributed by atoms with E-state index in [1.165, 1.54) is 0 Å². The summed E-state index contributed by atoms with van der Waals surface area (Å²) < 4.78 is 16.5. The van der Waals surface area contributed by atoms with Crippen molar-refractivity contribution in [2.75, 3.05) is 26.1 Å². The average molecular weight is 472 g/mol. The van der Waals surface area contributed by atoms with Gasteiger partial charge in [-0.3, -0.25) is 9.59 Å². The van der Waals surface area contributed by atoms with E-state index >= 15 is 0 Å². The second-order valence-electron chi connectivity index (χ2n) is 8.41. The second-order valence-corrected chi connectivity index (χ2v) is 8.41. The Morgan fingerprint density at radius 3 is 2.63 bits per heavy atom. The number of hydrogen-bond acceptors (Lipinski definition) is 6. The van der Waals surface area contributed by atoms with E-state index < -0.39 is 5.92 Å². The normalized spacial score (nSPS) is 15.4. The Morgan fingerprint density at radius 2 is 1.89 bits per heavy atom. The molecule has 1 aromatic heterocycles. The number of fused-ring (bicyclic) bond motifs is 1. The predicted octanol–water partition coefficient (Wildman–Crippen LogP) is 4.50. The van der Waals surface area contributed by atoms with E-state index in [2.05, 4.69) is 10.3 Å². The van der Waals surface area contributed by atoms with Crippen LogP contribution in [0.5, 0.6) is 11.5 Å². The van der Waals surface area contributed by atoms with Crippen molar-refractivity contribution in [3.8, 4) is 23.0 Å². The number of ether oxygens (including phenoxy) is 2. The van der Waals surface area contributed by atoms with Crippen molar-refractivity contribution in [1.29, 1.82) is 0 Å². The fourth-order valence-electron chi connectivity index (χ4n) is 4.22. The first-order valence-corrected chi connectivity index (χ1v) is 11.3. The van der Waals surface area contributed by atoms with Crippen LogP contribution < -0.4 is 14.8 Å². The fourth-order valence-corrected chi connectivity index (χ4v) is 4.22. The first-order valence-electron chi connectivity index (χ1n) is 11.3. The Bertz CT molecular complexity index is 1350. The van der Waals surface area contributed by atoms with Gasteiger partial charge in [-0.25, -0.2) is 4.98 Å². The number of aromatic nitrogens is 1. The van der Waals surface area contributed by atoms with Crippen LogP contribution in [0.3, 0.4) is 0 Å². The maximum absolute atomic E-state index is 13.1. The number of oxazole rings is 1. The fraction of sp³-hybridized carbons (Fsp3) is 0.222. The molecule has 8 nitrogen and oxygen atoms in total. The number of methoxy groups -OCH3 is 2. The first-order chi connectivity index (χ1) is 17.0. The minimum atomic E-state index is -0.460. The third kappa shape index (κ3) is 4.68. The molecule has 0 spiro atoms. The average Bonchev–Trinajstić information content (AvgIpc) is 3.48. The smallest absolute Gasteiger partial charge is 0.229 e. The number of carbonyl (C=O) groups excluding carboxylic acids is 2. The Balaban J connectivity index is 1.30. The number of hydrogen-bond donors (Lipinski definition) is 1. The van der Waals surface area contributed by atoms with Crippen LogP contribution in [-0.4, -0.2) is 42.5 Å². The van der Waals surface area contributed by atoms with Gasteiger partial charge < -0.3 is 24.1 Å². The number of anilines is 1. The third-order valence-corrected chi connectivity index (χ3v) is 6.12. The molecule has 1 aliphatic rings. The SMILES string of the molecule is COc1ccc(CN2C[C@H](C(=O)Nc3cc(-c4nc5ccccc5o4)ccc3OC)CC2=O)cc1. The summed E-state index contributed by atoms with van der Waals surface area (Å²) in [5.41, 5.74) is 3.63. The van der Waals surface area contributed by atoms with Crippen molar-refractivity contribution in [2.24, 2.45) is 5.92 Å². The molecule has 1 atom stereocenters. The molecular weight excluding hydrogens is 446 g/mol. The van der Waals surface area contributed by atoms with E-state index in [-0.39, 0.29) is 18.2 Å². The van der Waals surface area contributed by atoms with Crippen molar-refractivity contribution < 1.29 is 23.5 Å². The standard InChI is InChI=1S/C27H25N3O5/c1-33-20-10-7-17(8-11-20)15-30-16-19(14-25(30)31)26(32)28-22-13-18(9-12-23(22)34-2)27-29-21-5-3-4-6-24(21)35-27/h3-13,19H,14-16H2,1-2H3,(H,28,32)/t19-/m1/s1. The largest absolute Gasteiger partial charge is 0.497 e. The molecule has 2 amide bonds. The highest BCUT2D eigenvalue weighted by atomic mass is 16.5. The van der Waals surface area contributed by atoms with Crippen LogP contribution in [-0.2, 0) is 16.1 Å². The summed E-state index contributed by atoms with van der Waals surface area (Å²) in [6.07, 6.45) is 0.162. The number of rotatable bonds is 7. The topological polar surface area (TPSA) is 93.9 Å². The Kier molecular flexibility index (Phi) is 6.10. The van der Waals surface area contributed by atoms with Gasteiger partial charge in [-0.2, -0.15) is 0 Å². The molecule has 178 valence electrons. The molecule has 1 N–H and O–H groups in total. The number of nitrogens with zero attached hydrogens (tertiary/aromatic N) is 2. The molecule has 35 heavy (non-hydrogen) atoms. The third-order valence-electron chi connectivity index (χ3n) is 6.12. The second kappa shape index (κ2) is 9.50. The lowest BCUT2D eigenvalue weighted by atomic mass is 10.1. The quantitative estimate of drug-likeness (QED) is 0.427. The highest BCUT2D eigenvalue weighted by Crippen LogP contribution is 2.33. The highest BCUT2D eigenvalue weighted by Gasteiger charge is 2.34. The Labute approximate surface area is 202 Å². The molecular formula is C27H25N3O5. The zero-order valence-electron chi connectivity index (χ0n) is 19.5. The van der Waals surface area contributed by atoms with Crippen LogP contribution in [0.2, 0.25) is 0 Å². The van der Waals surface area contributed by atoms with E-state index in [0.717, 1.165) is 16.8 Å². The van der Waals surface area contributed by atoms with Crippen LogP contribution in [0.25, 0.3) is 22.6 Å². The van der Waals surface area contributed by atoms with Crippen molar-refractivity contribution in [3.63, 3.8) is 0 Å². The number of likely N-dealkylation sites (tertiary alicyclic amines) is 1. The van der Waals surface area contributed by atoms with Gasteiger partial charge >= 0.3 is 0 Å². The zero-order chi connectivity index (χ0) is 24.4. The van der Waals surface area contributed by atoms with E-state index in [1.54, 1.807) is 31.3 Å². The summed E-state index contributed by atoms with van der Waals surface area (Å²) in [5, 5.41) is 2.94. The molecule has 4 aromatic rings. The van der Waals surface area contributed by atoms with Crippen LogP contribution in [0.15, 0.2) is 71.1 Å². The Hall–Kier alpha value is -4.33. The molecule has 0 unspecified atom stereocenters. The van der Waals surface area contributed by atoms with Gasteiger partial charge in [0.25, 0.3) is 0 Å². The first kappa shape index (κ1) is 22.5. The minimum Gasteiger partial charge on any atom is -0.497 e. The summed E-state index contributed by atoms with van der Waals surface area (Å²) in [7, 11) is 3.15. The lowest BCUT2D eigenvalue weighted by Gasteiger charge is -2.17. The van der Waals surface area contributed by atoms with Crippen LogP contribution >= 0.6 is 0 Å². The van der Waals surface area contributed by atoms with Crippen LogP contribution in [0.1, 0.15) is 12.0 Å². The van der Waals surface area contributed by atoms with Gasteiger partial charge in [0.1, 0.15) is 17.0 Å². The monoisotopic (exact) mass is 471 g/mol. The van der Waals surface area contributed by atoms with Crippen molar-refractivity contribution in [2.45, 2.75) is 13.0 Å². The highest BCUT2D eigenvalue weighted by molar-refractivity contribution is 5.98. The van der Waals surface area contributed by atoms with Gasteiger partial charge in [0.2, 0.25) is 17.7 Å². The number of para-hydroxylation sites is 2. The van der Waals surface area contributed by atoms with Gasteiger partial charge in [0, 0.05) is 25.1 Å². The van der Waals surface area contributed by atoms with E-state index in [1.807, 2.05) is 54.6 Å². The van der Waals surface area contributed by atoms with Crippen LogP contribution in [0.4, 0.5) is 5.69 Å². The van der Waals surface area contributed by atoms with E-state index in [0.29, 0.717) is 41.6 Å². The van der Waals surface area contributed by atoms with Crippen molar-refractivity contribution in [1.82, 2.24) is 9.88 Å². The summed E-state index contributed by atoms with van der Waals surface area (Å²) in [6, 6.07) is 20.4. The lowest BCUT2D eigenvalue weighted by Crippen LogP contribution is -2.28. The molecule has 8 heteroatoms.